The number of anilines is 1. The molecule has 0 saturated heterocycles. The molecule has 21 heavy (non-hydrogen) atoms. The first-order chi connectivity index (χ1) is 10.0. The van der Waals surface area contributed by atoms with Crippen LogP contribution < -0.4 is 5.32 Å². The highest BCUT2D eigenvalue weighted by Crippen LogP contribution is 2.19. The summed E-state index contributed by atoms with van der Waals surface area (Å²) in [5, 5.41) is 2.59. The molecule has 0 aliphatic rings. The van der Waals surface area contributed by atoms with Crippen molar-refractivity contribution in [2.45, 2.75) is 0 Å². The summed E-state index contributed by atoms with van der Waals surface area (Å²) in [6.07, 6.45) is 0. The fraction of sp³-hybridized carbons (Fsp3) is 0.0667. The molecule has 0 radical (unpaired) electrons. The summed E-state index contributed by atoms with van der Waals surface area (Å²) >= 11 is 2.09. The molecule has 0 saturated carbocycles. The number of hydrogen-bond acceptors (Lipinski definition) is 3. The van der Waals surface area contributed by atoms with Crippen LogP contribution in [0.5, 0.6) is 0 Å². The van der Waals surface area contributed by atoms with Gasteiger partial charge >= 0.3 is 5.97 Å². The number of rotatable bonds is 3. The van der Waals surface area contributed by atoms with E-state index in [1.807, 2.05) is 6.07 Å². The smallest absolute Gasteiger partial charge is 0.340 e. The molecule has 108 valence electrons. The van der Waals surface area contributed by atoms with E-state index in [1.165, 1.54) is 13.2 Å². The van der Waals surface area contributed by atoms with Crippen LogP contribution in [0.25, 0.3) is 0 Å². The van der Waals surface area contributed by atoms with E-state index in [0.29, 0.717) is 5.56 Å². The number of halogens is 2. The first-order valence-corrected chi connectivity index (χ1v) is 7.04. The summed E-state index contributed by atoms with van der Waals surface area (Å²) in [6, 6.07) is 10.5. The summed E-state index contributed by atoms with van der Waals surface area (Å²) < 4.78 is 18.7. The van der Waals surface area contributed by atoms with E-state index in [-0.39, 0.29) is 17.2 Å². The highest BCUT2D eigenvalue weighted by Gasteiger charge is 2.16. The van der Waals surface area contributed by atoms with Crippen LogP contribution in [0, 0.1) is 9.39 Å². The standard InChI is InChI=1S/C15H11FINO3/c1-21-15(20)12-8-10(16)5-6-13(12)18-14(19)9-3-2-4-11(17)7-9/h2-8H,1H3,(H,18,19). The lowest BCUT2D eigenvalue weighted by Crippen LogP contribution is -2.15. The fourth-order valence-corrected chi connectivity index (χ4v) is 2.27. The van der Waals surface area contributed by atoms with Crippen molar-refractivity contribution >= 4 is 40.2 Å². The Kier molecular flexibility index (Phi) is 4.89. The molecule has 0 fully saturated rings. The monoisotopic (exact) mass is 399 g/mol. The first kappa shape index (κ1) is 15.4. The second-order valence-electron chi connectivity index (χ2n) is 4.15. The zero-order valence-corrected chi connectivity index (χ0v) is 13.2. The van der Waals surface area contributed by atoms with Crippen molar-refractivity contribution < 1.29 is 18.7 Å². The largest absolute Gasteiger partial charge is 0.465 e. The van der Waals surface area contributed by atoms with E-state index in [1.54, 1.807) is 18.2 Å². The Morgan fingerprint density at radius 3 is 2.62 bits per heavy atom. The zero-order chi connectivity index (χ0) is 15.4. The van der Waals surface area contributed by atoms with Gasteiger partial charge in [-0.3, -0.25) is 4.79 Å². The van der Waals surface area contributed by atoms with Crippen molar-refractivity contribution in [3.05, 3.63) is 63.0 Å². The molecule has 0 aromatic heterocycles. The molecule has 1 amide bonds. The average molecular weight is 399 g/mol. The number of carbonyl (C=O) groups excluding carboxylic acids is 2. The molecule has 1 N–H and O–H groups in total. The topological polar surface area (TPSA) is 55.4 Å². The maximum atomic E-state index is 13.2. The molecule has 4 nitrogen and oxygen atoms in total. The lowest BCUT2D eigenvalue weighted by molar-refractivity contribution is 0.0601. The van der Waals surface area contributed by atoms with Crippen LogP contribution in [0.1, 0.15) is 20.7 Å². The molecular weight excluding hydrogens is 388 g/mol. The van der Waals surface area contributed by atoms with Crippen molar-refractivity contribution in [2.24, 2.45) is 0 Å². The number of benzene rings is 2. The van der Waals surface area contributed by atoms with Gasteiger partial charge in [-0.05, 0) is 59.0 Å². The van der Waals surface area contributed by atoms with Crippen LogP contribution in [0.4, 0.5) is 10.1 Å². The molecular formula is C15H11FINO3. The molecule has 0 aliphatic carbocycles. The van der Waals surface area contributed by atoms with Crippen LogP contribution in [-0.4, -0.2) is 19.0 Å². The predicted octanol–water partition coefficient (Wildman–Crippen LogP) is 3.47. The average Bonchev–Trinajstić information content (AvgIpc) is 2.48. The Labute approximate surface area is 134 Å². The van der Waals surface area contributed by atoms with Crippen LogP contribution in [0.2, 0.25) is 0 Å². The minimum atomic E-state index is -0.715. The van der Waals surface area contributed by atoms with E-state index >= 15 is 0 Å². The normalized spacial score (nSPS) is 10.0. The van der Waals surface area contributed by atoms with Gasteiger partial charge in [0.05, 0.1) is 18.4 Å². The lowest BCUT2D eigenvalue weighted by atomic mass is 10.1. The summed E-state index contributed by atoms with van der Waals surface area (Å²) in [5.74, 6) is -1.68. The number of ether oxygens (including phenoxy) is 1. The van der Waals surface area contributed by atoms with E-state index < -0.39 is 11.8 Å². The van der Waals surface area contributed by atoms with Gasteiger partial charge in [-0.1, -0.05) is 6.07 Å². The van der Waals surface area contributed by atoms with Gasteiger partial charge in [0.15, 0.2) is 0 Å². The molecule has 2 aromatic carbocycles. The Morgan fingerprint density at radius 2 is 1.95 bits per heavy atom. The third-order valence-corrected chi connectivity index (χ3v) is 3.39. The first-order valence-electron chi connectivity index (χ1n) is 5.96. The number of nitrogens with one attached hydrogen (secondary N) is 1. The van der Waals surface area contributed by atoms with Gasteiger partial charge < -0.3 is 10.1 Å². The van der Waals surface area contributed by atoms with Gasteiger partial charge in [-0.15, -0.1) is 0 Å². The summed E-state index contributed by atoms with van der Waals surface area (Å²) in [4.78, 5) is 23.8. The van der Waals surface area contributed by atoms with E-state index in [0.717, 1.165) is 15.7 Å². The molecule has 0 bridgehead atoms. The lowest BCUT2D eigenvalue weighted by Gasteiger charge is -2.10. The van der Waals surface area contributed by atoms with Crippen molar-refractivity contribution in [3.8, 4) is 0 Å². The second kappa shape index (κ2) is 6.66. The molecule has 6 heteroatoms. The Hall–Kier alpha value is -1.96. The third kappa shape index (κ3) is 3.78. The third-order valence-electron chi connectivity index (χ3n) is 2.72. The quantitative estimate of drug-likeness (QED) is 0.636. The summed E-state index contributed by atoms with van der Waals surface area (Å²) in [7, 11) is 1.19. The van der Waals surface area contributed by atoms with Gasteiger partial charge in [-0.2, -0.15) is 0 Å². The summed E-state index contributed by atoms with van der Waals surface area (Å²) in [6.45, 7) is 0. The predicted molar refractivity (Wildman–Crippen MR) is 84.9 cm³/mol. The maximum Gasteiger partial charge on any atom is 0.340 e. The van der Waals surface area contributed by atoms with Crippen LogP contribution in [0.3, 0.4) is 0 Å². The number of methoxy groups -OCH3 is 1. The Balaban J connectivity index is 2.31. The van der Waals surface area contributed by atoms with E-state index in [2.05, 4.69) is 32.6 Å². The van der Waals surface area contributed by atoms with Gasteiger partial charge in [0, 0.05) is 9.13 Å². The molecule has 0 heterocycles. The minimum absolute atomic E-state index is 0.0310. The van der Waals surface area contributed by atoms with Crippen molar-refractivity contribution in [1.29, 1.82) is 0 Å². The minimum Gasteiger partial charge on any atom is -0.465 e. The van der Waals surface area contributed by atoms with Gasteiger partial charge in [-0.25, -0.2) is 9.18 Å². The number of hydrogen-bond donors (Lipinski definition) is 1. The fourth-order valence-electron chi connectivity index (χ4n) is 1.73. The number of amides is 1. The van der Waals surface area contributed by atoms with Crippen LogP contribution in [-0.2, 0) is 4.74 Å². The van der Waals surface area contributed by atoms with Gasteiger partial charge in [0.1, 0.15) is 5.82 Å². The molecule has 0 aliphatic heterocycles. The van der Waals surface area contributed by atoms with E-state index in [9.17, 15) is 14.0 Å². The van der Waals surface area contributed by atoms with Crippen LogP contribution in [0.15, 0.2) is 42.5 Å². The van der Waals surface area contributed by atoms with Gasteiger partial charge in [0.25, 0.3) is 5.91 Å². The second-order valence-corrected chi connectivity index (χ2v) is 5.39. The zero-order valence-electron chi connectivity index (χ0n) is 11.0. The summed E-state index contributed by atoms with van der Waals surface area (Å²) in [5.41, 5.74) is 0.616. The Bertz CT molecular complexity index is 703. The molecule has 2 rings (SSSR count). The maximum absolute atomic E-state index is 13.2. The SMILES string of the molecule is COC(=O)c1cc(F)ccc1NC(=O)c1cccc(I)c1. The molecule has 2 aromatic rings. The highest BCUT2D eigenvalue weighted by atomic mass is 127. The number of esters is 1. The Morgan fingerprint density at radius 1 is 1.19 bits per heavy atom. The highest BCUT2D eigenvalue weighted by molar-refractivity contribution is 14.1. The van der Waals surface area contributed by atoms with E-state index in [4.69, 9.17) is 0 Å². The molecule has 0 unspecified atom stereocenters. The van der Waals surface area contributed by atoms with Gasteiger partial charge in [0.2, 0.25) is 0 Å². The van der Waals surface area contributed by atoms with Crippen LogP contribution >= 0.6 is 22.6 Å². The number of carbonyl (C=O) groups is 2. The van der Waals surface area contributed by atoms with Crippen molar-refractivity contribution in [3.63, 3.8) is 0 Å². The molecule has 0 atom stereocenters. The molecule has 0 spiro atoms. The van der Waals surface area contributed by atoms with Crippen molar-refractivity contribution in [2.75, 3.05) is 12.4 Å². The van der Waals surface area contributed by atoms with Crippen molar-refractivity contribution in [1.82, 2.24) is 0 Å².